The molecule has 0 aliphatic carbocycles. The monoisotopic (exact) mass is 1290 g/mol. The van der Waals surface area contributed by atoms with Gasteiger partial charge in [-0.25, -0.2) is 14.2 Å². The van der Waals surface area contributed by atoms with Gasteiger partial charge in [0, 0.05) is 6.42 Å². The Hall–Kier alpha value is -2.11. The Morgan fingerprint density at radius 2 is 1.14 bits per heavy atom. The minimum atomic E-state index is -4.95. The largest absolute Gasteiger partial charge is 0.588 e. The molecule has 1 amide bonds. The van der Waals surface area contributed by atoms with Gasteiger partial charge in [-0.1, -0.05) is 251 Å². The Kier molecular flexibility index (Phi) is 33.3. The Morgan fingerprint density at radius 3 is 1.62 bits per heavy atom. The average molecular weight is 1290 g/mol. The molecule has 0 radical (unpaired) electrons. The number of alkyl halides is 7. The topological polar surface area (TPSA) is 180 Å². The third-order valence-electron chi connectivity index (χ3n) is 12.4. The molecule has 1 aliphatic heterocycles. The highest BCUT2D eigenvalue weighted by Gasteiger charge is 2.54. The van der Waals surface area contributed by atoms with E-state index in [2.05, 4.69) is 35.1 Å². The Bertz CT molecular complexity index is 1990. The Morgan fingerprint density at radius 1 is 0.662 bits per heavy atom. The van der Waals surface area contributed by atoms with Crippen LogP contribution in [0.3, 0.4) is 0 Å². The number of alkyl carbamates (subject to hydrolysis) is 1. The second kappa shape index (κ2) is 37.1. The molecule has 1 saturated heterocycles. The lowest BCUT2D eigenvalue weighted by molar-refractivity contribution is -0.194. The van der Waals surface area contributed by atoms with Gasteiger partial charge in [-0.3, -0.25) is 14.1 Å². The van der Waals surface area contributed by atoms with Crippen molar-refractivity contribution in [3.05, 3.63) is 60.7 Å². The minimum absolute atomic E-state index is 0.0417. The van der Waals surface area contributed by atoms with Crippen molar-refractivity contribution in [1.29, 1.82) is 0 Å². The van der Waals surface area contributed by atoms with E-state index in [-0.39, 0.29) is 17.9 Å². The summed E-state index contributed by atoms with van der Waals surface area (Å²) in [5, 5.41) is 1.24. The van der Waals surface area contributed by atoms with Crippen LogP contribution in [0.25, 0.3) is 0 Å². The maximum atomic E-state index is 15.2. The van der Waals surface area contributed by atoms with Gasteiger partial charge in [-0.15, -0.1) is 0 Å². The van der Waals surface area contributed by atoms with Crippen LogP contribution in [0.2, 0.25) is 0 Å². The maximum Gasteiger partial charge on any atom is 0.588 e. The summed E-state index contributed by atoms with van der Waals surface area (Å²) in [6.07, 6.45) is 13.3. The zero-order valence-corrected chi connectivity index (χ0v) is 51.7. The molecule has 1 unspecified atom stereocenters. The van der Waals surface area contributed by atoms with Crippen LogP contribution in [0.4, 0.5) is 9.59 Å². The number of halogens is 7. The van der Waals surface area contributed by atoms with E-state index in [1.807, 2.05) is 0 Å². The van der Waals surface area contributed by atoms with Gasteiger partial charge in [0.05, 0.1) is 6.42 Å². The molecular weight excluding hydrogens is 1210 g/mol. The van der Waals surface area contributed by atoms with Crippen LogP contribution in [0, 0.1) is 0 Å². The number of ether oxygens (including phenoxy) is 6. The van der Waals surface area contributed by atoms with E-state index >= 15 is 4.57 Å². The van der Waals surface area contributed by atoms with Crippen LogP contribution < -0.4 is 14.4 Å². The molecule has 2 aromatic rings. The number of rotatable bonds is 37. The zero-order chi connectivity index (χ0) is 56.7. The van der Waals surface area contributed by atoms with Crippen molar-refractivity contribution in [2.45, 2.75) is 224 Å². The van der Waals surface area contributed by atoms with E-state index in [4.69, 9.17) is 112 Å². The summed E-state index contributed by atoms with van der Waals surface area (Å²) < 4.78 is 63.8. The number of nitrogens with one attached hydrogen (secondary N) is 1. The molecule has 0 spiro atoms. The summed E-state index contributed by atoms with van der Waals surface area (Å²) in [6, 6.07) is 14.4. The molecule has 0 aromatic heterocycles. The number of esters is 2. The van der Waals surface area contributed by atoms with Crippen molar-refractivity contribution < 1.29 is 65.7 Å². The smallest absolute Gasteiger partial charge is 0.462 e. The van der Waals surface area contributed by atoms with E-state index in [0.29, 0.717) is 19.3 Å². The van der Waals surface area contributed by atoms with Gasteiger partial charge in [0.25, 0.3) is 0 Å². The van der Waals surface area contributed by atoms with E-state index in [1.165, 1.54) is 102 Å². The minimum Gasteiger partial charge on any atom is -0.462 e. The predicted molar refractivity (Wildman–Crippen MR) is 307 cm³/mol. The summed E-state index contributed by atoms with van der Waals surface area (Å²) in [6.45, 7) is 5.61. The molecule has 0 saturated carbocycles. The quantitative estimate of drug-likeness (QED) is 0.0222. The lowest BCUT2D eigenvalue weighted by atomic mass is 9.97. The summed E-state index contributed by atoms with van der Waals surface area (Å²) in [7, 11) is -4.95. The molecule has 1 aliphatic rings. The summed E-state index contributed by atoms with van der Waals surface area (Å²) in [5.41, 5.74) is -1.71. The first-order valence-corrected chi connectivity index (χ1v) is 31.6. The highest BCUT2D eigenvalue weighted by atomic mass is 79.9. The van der Waals surface area contributed by atoms with Crippen LogP contribution >= 0.6 is 93.4 Å². The molecule has 77 heavy (non-hydrogen) atoms. The van der Waals surface area contributed by atoms with Gasteiger partial charge in [-0.05, 0) is 57.4 Å². The van der Waals surface area contributed by atoms with Crippen molar-refractivity contribution in [3.8, 4) is 11.5 Å². The number of phosphoric acid groups is 1. The van der Waals surface area contributed by atoms with Gasteiger partial charge in [-0.2, -0.15) is 0 Å². The molecule has 23 heteroatoms. The second-order valence-electron chi connectivity index (χ2n) is 19.6. The first-order chi connectivity index (χ1) is 36.5. The summed E-state index contributed by atoms with van der Waals surface area (Å²) in [4.78, 5) is 54.7. The lowest BCUT2D eigenvalue weighted by Gasteiger charge is -2.44. The number of hydrogen-bond donors (Lipinski definition) is 1. The second-order valence-corrected chi connectivity index (χ2v) is 26.7. The van der Waals surface area contributed by atoms with E-state index < -0.39 is 100 Å². The molecule has 3 rings (SSSR count). The van der Waals surface area contributed by atoms with Gasteiger partial charge in [0.15, 0.2) is 11.7 Å². The van der Waals surface area contributed by atoms with Gasteiger partial charge >= 0.3 is 32.0 Å². The Balaban J connectivity index is 1.99. The van der Waals surface area contributed by atoms with Crippen LogP contribution in [-0.2, 0) is 47.1 Å². The van der Waals surface area contributed by atoms with Gasteiger partial charge in [0.1, 0.15) is 54.1 Å². The third-order valence-corrected chi connectivity index (χ3v) is 16.3. The number of benzene rings is 2. The van der Waals surface area contributed by atoms with Crippen molar-refractivity contribution in [2.75, 3.05) is 13.2 Å². The number of carbonyl (C=O) groups excluding carboxylic acids is 4. The molecule has 438 valence electrons. The fraction of sp³-hybridized carbons (Fsp3) is 0.704. The Labute approximate surface area is 494 Å². The first kappa shape index (κ1) is 69.2. The molecule has 0 bridgehead atoms. The highest BCUT2D eigenvalue weighted by Crippen LogP contribution is 2.53. The maximum absolute atomic E-state index is 15.2. The molecule has 2 aromatic carbocycles. The number of unbranched alkanes of at least 4 members (excludes halogenated alkanes) is 18. The zero-order valence-electron chi connectivity index (χ0n) is 44.7. The molecular formula is C54H79BrCl6NO14P. The first-order valence-electron chi connectivity index (χ1n) is 26.9. The number of para-hydroxylation sites is 2. The van der Waals surface area contributed by atoms with E-state index in [1.54, 1.807) is 36.4 Å². The van der Waals surface area contributed by atoms with Crippen molar-refractivity contribution in [2.24, 2.45) is 0 Å². The molecule has 15 nitrogen and oxygen atoms in total. The van der Waals surface area contributed by atoms with Crippen LogP contribution in [0.15, 0.2) is 60.7 Å². The van der Waals surface area contributed by atoms with E-state index in [9.17, 15) is 19.2 Å². The third kappa shape index (κ3) is 29.4. The molecule has 6 atom stereocenters. The van der Waals surface area contributed by atoms with Crippen molar-refractivity contribution in [3.63, 3.8) is 0 Å². The fourth-order valence-corrected chi connectivity index (χ4v) is 10.5. The van der Waals surface area contributed by atoms with Crippen LogP contribution in [0.5, 0.6) is 11.5 Å². The number of carbonyl (C=O) groups is 4. The predicted octanol–water partition coefficient (Wildman–Crippen LogP) is 17.4. The fourth-order valence-electron chi connectivity index (χ4n) is 8.10. The standard InChI is InChI=1S/C54H79BrCl6NO14P/c1-5-7-9-11-13-15-16-18-20-22-30-36-44(63)70-42(35-25-21-19-17-14-12-10-8-6-2)37-45(64)72-48-46(62-50(65)69-39-53(56,57)58)49(55)71-43(38-68-51(66)73-52(3,4)54(59,60)61)47(48)76-77(67,74-40-31-26-23-27-32-40)75-41-33-28-24-29-34-41/h23-24,26-29,31-34,42-43,46-49H,5-22,25,30,35-39H2,1-4H3,(H,62,65)/t42-,43-,46-,47-,48-,49?/m1/s1. The highest BCUT2D eigenvalue weighted by molar-refractivity contribution is 9.09. The normalized spacial score (nSPS) is 18.4. The SMILES string of the molecule is CCCCCCCCCCCCCC(=O)O[C@H](CCCCCCCCCCC)CC(=O)O[C@H]1[C@H](OP(=O)(Oc2ccccc2)Oc2ccccc2)[C@@H](COC(=O)OC(C)(C)C(Cl)(Cl)Cl)OC(Br)[C@@H]1NC(=O)OCC(Cl)(Cl)Cl. The van der Waals surface area contributed by atoms with Crippen molar-refractivity contribution >= 4 is 118 Å². The lowest BCUT2D eigenvalue weighted by Crippen LogP contribution is -2.64. The summed E-state index contributed by atoms with van der Waals surface area (Å²) in [5.74, 6) is -1.28. The van der Waals surface area contributed by atoms with Gasteiger partial charge < -0.3 is 42.8 Å². The number of hydrogen-bond acceptors (Lipinski definition) is 14. The average Bonchev–Trinajstić information content (AvgIpc) is 3.36. The number of amides is 1. The van der Waals surface area contributed by atoms with E-state index in [0.717, 1.165) is 51.4 Å². The van der Waals surface area contributed by atoms with Gasteiger partial charge in [0.2, 0.25) is 7.59 Å². The number of phosphoric ester groups is 1. The van der Waals surface area contributed by atoms with Crippen LogP contribution in [-0.4, -0.2) is 86.1 Å². The molecule has 1 heterocycles. The molecule has 1 fully saturated rings. The molecule has 1 N–H and O–H groups in total. The summed E-state index contributed by atoms with van der Waals surface area (Å²) >= 11 is 39.3. The van der Waals surface area contributed by atoms with Crippen molar-refractivity contribution in [1.82, 2.24) is 5.32 Å². The van der Waals surface area contributed by atoms with Crippen LogP contribution in [0.1, 0.15) is 175 Å².